The van der Waals surface area contributed by atoms with Crippen LogP contribution in [0.25, 0.3) is 66.8 Å². The zero-order valence-electron chi connectivity index (χ0n) is 40.3. The van der Waals surface area contributed by atoms with Gasteiger partial charge in [-0.05, 0) is 99.9 Å². The van der Waals surface area contributed by atoms with Gasteiger partial charge in [-0.3, -0.25) is 20.1 Å². The molecule has 8 heterocycles. The molecule has 6 aromatic heterocycles. The van der Waals surface area contributed by atoms with Gasteiger partial charge >= 0.3 is 0 Å². The molecule has 10 rings (SSSR count). The summed E-state index contributed by atoms with van der Waals surface area (Å²) in [6.07, 6.45) is 22.9. The first-order chi connectivity index (χ1) is 33.2. The summed E-state index contributed by atoms with van der Waals surface area (Å²) < 4.78 is 0. The maximum atomic E-state index is 6.41. The Kier molecular flexibility index (Phi) is 14.9. The molecule has 0 unspecified atom stereocenters. The van der Waals surface area contributed by atoms with Crippen molar-refractivity contribution < 1.29 is 0 Å². The van der Waals surface area contributed by atoms with Crippen LogP contribution < -0.4 is 15.5 Å². The number of piperazine rings is 1. The molecule has 0 radical (unpaired) electrons. The van der Waals surface area contributed by atoms with Crippen LogP contribution in [0.15, 0.2) is 117 Å². The van der Waals surface area contributed by atoms with Crippen molar-refractivity contribution >= 4 is 61.2 Å². The maximum absolute atomic E-state index is 6.41. The van der Waals surface area contributed by atoms with Crippen molar-refractivity contribution in [2.45, 2.75) is 46.6 Å². The third-order valence-corrected chi connectivity index (χ3v) is 12.4. The van der Waals surface area contributed by atoms with Crippen LogP contribution in [-0.4, -0.2) is 115 Å². The molecule has 5 N–H and O–H groups in total. The molecule has 2 saturated heterocycles. The van der Waals surface area contributed by atoms with E-state index < -0.39 is 0 Å². The van der Waals surface area contributed by atoms with Crippen molar-refractivity contribution in [2.24, 2.45) is 0 Å². The van der Waals surface area contributed by atoms with Crippen LogP contribution in [-0.2, 0) is 6.54 Å². The Morgan fingerprint density at radius 1 is 0.765 bits per heavy atom. The number of benzene rings is 2. The summed E-state index contributed by atoms with van der Waals surface area (Å²) in [6.45, 7) is 21.1. The summed E-state index contributed by atoms with van der Waals surface area (Å²) in [5, 5.41) is 8.77. The average Bonchev–Trinajstić information content (AvgIpc) is 4.13. The molecule has 2 aliphatic rings. The third-order valence-electron chi connectivity index (χ3n) is 12.4. The number of nitrogens with one attached hydrogen (secondary N) is 3. The van der Waals surface area contributed by atoms with Gasteiger partial charge in [0, 0.05) is 86.0 Å². The number of piperidine rings is 1. The number of aromatic nitrogens is 9. The minimum atomic E-state index is 0.661. The van der Waals surface area contributed by atoms with E-state index in [0.717, 1.165) is 141 Å². The second kappa shape index (κ2) is 21.5. The van der Waals surface area contributed by atoms with E-state index in [-0.39, 0.29) is 0 Å². The predicted molar refractivity (Wildman–Crippen MR) is 283 cm³/mol. The highest BCUT2D eigenvalue weighted by Crippen LogP contribution is 2.35. The Labute approximate surface area is 399 Å². The van der Waals surface area contributed by atoms with Crippen molar-refractivity contribution in [3.05, 3.63) is 140 Å². The number of rotatable bonds is 11. The Balaban J connectivity index is 0.000000179. The van der Waals surface area contributed by atoms with Gasteiger partial charge in [0.1, 0.15) is 22.6 Å². The monoisotopic (exact) mass is 909 g/mol. The van der Waals surface area contributed by atoms with Crippen molar-refractivity contribution in [3.63, 3.8) is 0 Å². The maximum Gasteiger partial charge on any atom is 0.159 e. The lowest BCUT2D eigenvalue weighted by Crippen LogP contribution is -2.44. The molecule has 68 heavy (non-hydrogen) atoms. The Bertz CT molecular complexity index is 3080. The fraction of sp³-hybridized carbons (Fsp3) is 0.296. The topological polar surface area (TPSA) is 164 Å². The quantitative estimate of drug-likeness (QED) is 0.0722. The number of anilines is 3. The molecular formula is C54H64N14. The number of allylic oxidation sites excluding steroid dienone is 5. The van der Waals surface area contributed by atoms with E-state index >= 15 is 0 Å². The normalized spacial score (nSPS) is 14.7. The Hall–Kier alpha value is -7.42. The van der Waals surface area contributed by atoms with E-state index in [4.69, 9.17) is 15.7 Å². The van der Waals surface area contributed by atoms with Crippen LogP contribution >= 0.6 is 0 Å². The number of fused-ring (bicyclic) bond motifs is 3. The highest BCUT2D eigenvalue weighted by molar-refractivity contribution is 5.97. The van der Waals surface area contributed by atoms with Crippen LogP contribution in [0.4, 0.5) is 17.1 Å². The molecule has 2 fully saturated rings. The average molecular weight is 909 g/mol. The summed E-state index contributed by atoms with van der Waals surface area (Å²) in [4.78, 5) is 39.3. The van der Waals surface area contributed by atoms with Gasteiger partial charge in [0.15, 0.2) is 5.82 Å². The van der Waals surface area contributed by atoms with Crippen molar-refractivity contribution in [2.75, 3.05) is 75.9 Å². The third kappa shape index (κ3) is 10.3. The smallest absolute Gasteiger partial charge is 0.159 e. The lowest BCUT2D eigenvalue weighted by atomic mass is 9.98. The summed E-state index contributed by atoms with van der Waals surface area (Å²) in [5.74, 6) is 1.46. The van der Waals surface area contributed by atoms with Crippen molar-refractivity contribution in [1.82, 2.24) is 54.9 Å². The molecule has 0 bridgehead atoms. The number of H-pyrrole nitrogens is 3. The van der Waals surface area contributed by atoms with E-state index in [1.54, 1.807) is 6.08 Å². The molecule has 0 saturated carbocycles. The van der Waals surface area contributed by atoms with E-state index in [0.29, 0.717) is 11.5 Å². The standard InChI is InChI=1S/C27H32N8.C25H26N6.C2H6/c1-18(22-12-20(5-6-23(22)28)21-11-19(13-29-14-21)17-33(2)3)27-31-24-15-30-16-25(26(24)32-27)35-9-7-34(4)8-10-35;1-3-5-9-17(4-2)18-10-11-20-19(14-18)23(30-29-20)25-27-21-15-26-16-22(24(21)28-25)31-12-7-6-8-13-31;1-2/h5-6,11-16H,1,7-10,17,28H2,2-4H3,(H,31,32);3-5,9-11,14-16H,1,6-8,12-13H2,2H3,(H,27,28)(H,29,30);1-2H3/b;9-5-,17-4+;. The van der Waals surface area contributed by atoms with Crippen LogP contribution in [0.5, 0.6) is 0 Å². The lowest BCUT2D eigenvalue weighted by molar-refractivity contribution is 0.313. The van der Waals surface area contributed by atoms with Crippen LogP contribution in [0, 0.1) is 0 Å². The predicted octanol–water partition coefficient (Wildman–Crippen LogP) is 10.1. The van der Waals surface area contributed by atoms with E-state index in [1.165, 1.54) is 19.3 Å². The van der Waals surface area contributed by atoms with Crippen molar-refractivity contribution in [3.8, 4) is 22.6 Å². The molecule has 14 nitrogen and oxygen atoms in total. The van der Waals surface area contributed by atoms with Gasteiger partial charge in [-0.25, -0.2) is 9.97 Å². The first-order valence-corrected chi connectivity index (χ1v) is 23.7. The van der Waals surface area contributed by atoms with Crippen LogP contribution in [0.3, 0.4) is 0 Å². The number of hydrogen-bond donors (Lipinski definition) is 4. The fourth-order valence-electron chi connectivity index (χ4n) is 8.86. The molecule has 0 spiro atoms. The van der Waals surface area contributed by atoms with Gasteiger partial charge in [-0.15, -0.1) is 0 Å². The molecule has 0 aliphatic carbocycles. The van der Waals surface area contributed by atoms with Gasteiger partial charge in [0.05, 0.1) is 52.7 Å². The summed E-state index contributed by atoms with van der Waals surface area (Å²) in [6, 6.07) is 14.5. The summed E-state index contributed by atoms with van der Waals surface area (Å²) in [7, 11) is 6.26. The molecule has 0 atom stereocenters. The zero-order valence-corrected chi connectivity index (χ0v) is 40.3. The van der Waals surface area contributed by atoms with Gasteiger partial charge in [-0.1, -0.05) is 63.4 Å². The zero-order chi connectivity index (χ0) is 47.7. The largest absolute Gasteiger partial charge is 0.398 e. The number of likely N-dealkylation sites (N-methyl/N-ethyl adjacent to an activating group) is 1. The van der Waals surface area contributed by atoms with Crippen LogP contribution in [0.2, 0.25) is 0 Å². The molecule has 2 aliphatic heterocycles. The first-order valence-electron chi connectivity index (χ1n) is 23.7. The number of nitrogens with two attached hydrogens (primary N) is 1. The van der Waals surface area contributed by atoms with E-state index in [9.17, 15) is 0 Å². The fourth-order valence-corrected chi connectivity index (χ4v) is 8.86. The number of nitrogens with zero attached hydrogens (tertiary/aromatic N) is 10. The number of imidazole rings is 2. The minimum absolute atomic E-state index is 0.661. The molecule has 14 heteroatoms. The second-order valence-corrected chi connectivity index (χ2v) is 17.4. The Morgan fingerprint density at radius 3 is 2.16 bits per heavy atom. The van der Waals surface area contributed by atoms with E-state index in [2.05, 4.69) is 132 Å². The van der Waals surface area contributed by atoms with Gasteiger partial charge in [0.2, 0.25) is 0 Å². The minimum Gasteiger partial charge on any atom is -0.398 e. The Morgan fingerprint density at radius 2 is 1.46 bits per heavy atom. The number of nitrogen functional groups attached to an aromatic ring is 1. The highest BCUT2D eigenvalue weighted by atomic mass is 15.3. The van der Waals surface area contributed by atoms with Crippen LogP contribution in [0.1, 0.15) is 62.5 Å². The molecular weight excluding hydrogens is 845 g/mol. The number of hydrogen-bond acceptors (Lipinski definition) is 11. The number of aromatic amines is 3. The lowest BCUT2D eigenvalue weighted by Gasteiger charge is -2.33. The number of pyridine rings is 3. The van der Waals surface area contributed by atoms with Gasteiger partial charge in [0.25, 0.3) is 0 Å². The molecule has 2 aromatic carbocycles. The molecule has 8 aromatic rings. The summed E-state index contributed by atoms with van der Waals surface area (Å²) in [5.41, 5.74) is 21.8. The first kappa shape index (κ1) is 47.1. The molecule has 0 amide bonds. The molecule has 350 valence electrons. The van der Waals surface area contributed by atoms with Gasteiger partial charge in [-0.2, -0.15) is 5.10 Å². The summed E-state index contributed by atoms with van der Waals surface area (Å²) >= 11 is 0. The second-order valence-electron chi connectivity index (χ2n) is 17.4. The van der Waals surface area contributed by atoms with E-state index in [1.807, 2.05) is 76.2 Å². The van der Waals surface area contributed by atoms with Gasteiger partial charge < -0.3 is 35.3 Å². The SMILES string of the molecule is C=C(c1nc2c(N3CCN(C)CC3)cncc2[nH]1)c1cc(-c2cncc(CN(C)C)c2)ccc1N.C=C/C=C\C(=C/C)c1ccc2[nH]nc(-c3nc4c(N5CCCCC5)cncc4[nH]3)c2c1.CC. The highest BCUT2D eigenvalue weighted by Gasteiger charge is 2.22. The van der Waals surface area contributed by atoms with Crippen molar-refractivity contribution in [1.29, 1.82) is 0 Å².